The van der Waals surface area contributed by atoms with Crippen molar-refractivity contribution in [2.75, 3.05) is 72.5 Å². The van der Waals surface area contributed by atoms with Gasteiger partial charge in [-0.15, -0.1) is 13.2 Å². The number of hydrogen-bond donors (Lipinski definition) is 3. The zero-order valence-corrected chi connectivity index (χ0v) is 32.1. The van der Waals surface area contributed by atoms with Gasteiger partial charge in [0.2, 0.25) is 23.6 Å². The van der Waals surface area contributed by atoms with Crippen LogP contribution in [0.15, 0.2) is 49.1 Å². The van der Waals surface area contributed by atoms with Crippen LogP contribution in [0, 0.1) is 0 Å². The lowest BCUT2D eigenvalue weighted by Crippen LogP contribution is -2.42. The summed E-state index contributed by atoms with van der Waals surface area (Å²) in [5.74, 6) is -1.70. The SMILES string of the molecule is NC(=O)CCOCCOCCOCCOCCNC(=O)CCCn1cnc(-c2cnc(OC3CCN(C(=O)Cc4ccc(OC(F)(F)F)cc4)CC3)c(C(N)=O)c2)c1. The second kappa shape index (κ2) is 23.8. The predicted molar refractivity (Wildman–Crippen MR) is 200 cm³/mol. The first-order chi connectivity index (χ1) is 27.9. The number of imidazole rings is 1. The molecule has 3 heterocycles. The predicted octanol–water partition coefficient (Wildman–Crippen LogP) is 2.39. The van der Waals surface area contributed by atoms with Gasteiger partial charge in [-0.25, -0.2) is 9.97 Å². The Balaban J connectivity index is 1.09. The van der Waals surface area contributed by atoms with E-state index in [2.05, 4.69) is 20.0 Å². The summed E-state index contributed by atoms with van der Waals surface area (Å²) in [6, 6.07) is 6.73. The first-order valence-corrected chi connectivity index (χ1v) is 18.8. The summed E-state index contributed by atoms with van der Waals surface area (Å²) in [5, 5.41) is 2.82. The lowest BCUT2D eigenvalue weighted by molar-refractivity contribution is -0.274. The first kappa shape index (κ1) is 45.4. The van der Waals surface area contributed by atoms with Crippen LogP contribution < -0.4 is 26.3 Å². The maximum Gasteiger partial charge on any atom is 0.573 e. The molecule has 318 valence electrons. The third-order valence-electron chi connectivity index (χ3n) is 8.63. The van der Waals surface area contributed by atoms with Crippen molar-refractivity contribution in [3.05, 3.63) is 60.2 Å². The van der Waals surface area contributed by atoms with Gasteiger partial charge in [0.1, 0.15) is 17.4 Å². The van der Waals surface area contributed by atoms with E-state index in [0.29, 0.717) is 115 Å². The molecule has 0 saturated carbocycles. The molecule has 3 aromatic rings. The van der Waals surface area contributed by atoms with Crippen LogP contribution in [0.5, 0.6) is 11.6 Å². The highest BCUT2D eigenvalue weighted by Gasteiger charge is 2.31. The van der Waals surface area contributed by atoms with E-state index in [9.17, 15) is 32.3 Å². The molecule has 4 amide bonds. The van der Waals surface area contributed by atoms with Crippen LogP contribution >= 0.6 is 0 Å². The van der Waals surface area contributed by atoms with E-state index in [0.717, 1.165) is 0 Å². The number of carbonyl (C=O) groups is 4. The van der Waals surface area contributed by atoms with E-state index in [-0.39, 0.29) is 54.6 Å². The van der Waals surface area contributed by atoms with Crippen LogP contribution in [-0.4, -0.2) is 128 Å². The number of amides is 4. The molecule has 2 aromatic heterocycles. The Labute approximate surface area is 333 Å². The summed E-state index contributed by atoms with van der Waals surface area (Å²) in [4.78, 5) is 58.5. The number of nitrogens with one attached hydrogen (secondary N) is 1. The molecule has 0 bridgehead atoms. The van der Waals surface area contributed by atoms with Crippen LogP contribution in [0.2, 0.25) is 0 Å². The molecule has 1 aromatic carbocycles. The van der Waals surface area contributed by atoms with E-state index in [1.54, 1.807) is 23.5 Å². The molecule has 20 heteroatoms. The van der Waals surface area contributed by atoms with Gasteiger partial charge in [0.25, 0.3) is 5.91 Å². The van der Waals surface area contributed by atoms with Crippen molar-refractivity contribution in [1.29, 1.82) is 0 Å². The molecule has 0 spiro atoms. The quantitative estimate of drug-likeness (QED) is 0.0994. The summed E-state index contributed by atoms with van der Waals surface area (Å²) in [6.45, 7) is 4.64. The monoisotopic (exact) mass is 821 g/mol. The van der Waals surface area contributed by atoms with Crippen molar-refractivity contribution in [1.82, 2.24) is 24.8 Å². The average molecular weight is 822 g/mol. The molecule has 0 radical (unpaired) electrons. The largest absolute Gasteiger partial charge is 0.573 e. The van der Waals surface area contributed by atoms with Crippen molar-refractivity contribution in [3.63, 3.8) is 0 Å². The van der Waals surface area contributed by atoms with Crippen molar-refractivity contribution < 1.29 is 60.8 Å². The topological polar surface area (TPSA) is 222 Å². The van der Waals surface area contributed by atoms with Crippen LogP contribution in [0.1, 0.15) is 48.0 Å². The summed E-state index contributed by atoms with van der Waals surface area (Å²) in [6.07, 6.45) is 1.82. The van der Waals surface area contributed by atoms with Gasteiger partial charge in [0, 0.05) is 69.8 Å². The number of carbonyl (C=O) groups excluding carboxylic acids is 4. The maximum absolute atomic E-state index is 12.8. The Bertz CT molecular complexity index is 1750. The lowest BCUT2D eigenvalue weighted by Gasteiger charge is -2.32. The number of pyridine rings is 1. The molecular formula is C38H50F3N7O10. The number of aryl methyl sites for hydroxylation is 1. The maximum atomic E-state index is 12.8. The highest BCUT2D eigenvalue weighted by atomic mass is 19.4. The Hall–Kier alpha value is -5.31. The molecule has 5 N–H and O–H groups in total. The average Bonchev–Trinajstić information content (AvgIpc) is 3.65. The van der Waals surface area contributed by atoms with E-state index in [1.807, 2.05) is 4.57 Å². The second-order valence-electron chi connectivity index (χ2n) is 13.1. The fraction of sp³-hybridized carbons (Fsp3) is 0.526. The zero-order chi connectivity index (χ0) is 41.8. The lowest BCUT2D eigenvalue weighted by atomic mass is 10.1. The molecule has 0 atom stereocenters. The molecule has 1 aliphatic heterocycles. The summed E-state index contributed by atoms with van der Waals surface area (Å²) in [7, 11) is 0. The van der Waals surface area contributed by atoms with Crippen LogP contribution in [0.3, 0.4) is 0 Å². The van der Waals surface area contributed by atoms with E-state index < -0.39 is 18.2 Å². The Morgan fingerprint density at radius 1 is 0.845 bits per heavy atom. The van der Waals surface area contributed by atoms with Crippen molar-refractivity contribution >= 4 is 23.6 Å². The number of piperidine rings is 1. The number of hydrogen-bond acceptors (Lipinski definition) is 12. The van der Waals surface area contributed by atoms with E-state index in [4.69, 9.17) is 35.2 Å². The Morgan fingerprint density at radius 3 is 2.10 bits per heavy atom. The number of rotatable bonds is 26. The standard InChI is InChI=1S/C38H50F3N7O10/c39-38(40,41)58-30-5-3-27(4-6-30)22-35(51)48-12-7-29(8-13-48)57-37-31(36(43)52)23-28(24-45-37)32-25-47(26-46-32)11-1-2-34(50)44-10-15-54-17-19-56-21-20-55-18-16-53-14-9-33(42)49/h3-6,23-26,29H,1-2,7-22H2,(H2,42,49)(H2,43,52)(H,44,50). The van der Waals surface area contributed by atoms with Crippen LogP contribution in [0.25, 0.3) is 11.3 Å². The number of halogens is 3. The zero-order valence-electron chi connectivity index (χ0n) is 32.1. The number of primary amides is 2. The number of alkyl halides is 3. The Morgan fingerprint density at radius 2 is 1.48 bits per heavy atom. The Kier molecular flexibility index (Phi) is 18.6. The number of benzene rings is 1. The fourth-order valence-corrected chi connectivity index (χ4v) is 5.68. The normalized spacial score (nSPS) is 13.3. The van der Waals surface area contributed by atoms with Gasteiger partial charge in [-0.1, -0.05) is 12.1 Å². The molecule has 1 fully saturated rings. The minimum Gasteiger partial charge on any atom is -0.474 e. The number of ether oxygens (including phenoxy) is 6. The molecule has 0 aliphatic carbocycles. The van der Waals surface area contributed by atoms with Gasteiger partial charge >= 0.3 is 6.36 Å². The smallest absolute Gasteiger partial charge is 0.474 e. The summed E-state index contributed by atoms with van der Waals surface area (Å²) >= 11 is 0. The molecule has 1 aliphatic rings. The number of likely N-dealkylation sites (tertiary alicyclic amines) is 1. The van der Waals surface area contributed by atoms with Gasteiger partial charge in [0.15, 0.2) is 0 Å². The van der Waals surface area contributed by atoms with Crippen molar-refractivity contribution in [2.24, 2.45) is 11.5 Å². The van der Waals surface area contributed by atoms with E-state index >= 15 is 0 Å². The van der Waals surface area contributed by atoms with Gasteiger partial charge in [-0.3, -0.25) is 19.2 Å². The summed E-state index contributed by atoms with van der Waals surface area (Å²) < 4.78 is 70.5. The van der Waals surface area contributed by atoms with Crippen molar-refractivity contribution in [3.8, 4) is 22.9 Å². The minimum absolute atomic E-state index is 0.0208. The van der Waals surface area contributed by atoms with E-state index in [1.165, 1.54) is 30.5 Å². The highest BCUT2D eigenvalue weighted by Crippen LogP contribution is 2.27. The highest BCUT2D eigenvalue weighted by molar-refractivity contribution is 5.96. The fourth-order valence-electron chi connectivity index (χ4n) is 5.68. The first-order valence-electron chi connectivity index (χ1n) is 18.8. The third kappa shape index (κ3) is 17.0. The molecular weight excluding hydrogens is 771 g/mol. The van der Waals surface area contributed by atoms with Crippen LogP contribution in [-0.2, 0) is 46.3 Å². The molecule has 17 nitrogen and oxygen atoms in total. The van der Waals surface area contributed by atoms with Crippen molar-refractivity contribution in [2.45, 2.75) is 57.5 Å². The molecule has 1 saturated heterocycles. The molecule has 0 unspecified atom stereocenters. The van der Waals surface area contributed by atoms with Crippen LogP contribution in [0.4, 0.5) is 13.2 Å². The van der Waals surface area contributed by atoms with Gasteiger partial charge in [-0.05, 0) is 30.2 Å². The minimum atomic E-state index is -4.79. The van der Waals surface area contributed by atoms with Gasteiger partial charge in [-0.2, -0.15) is 0 Å². The number of nitrogens with two attached hydrogens (primary N) is 2. The summed E-state index contributed by atoms with van der Waals surface area (Å²) in [5.41, 5.74) is 12.4. The second-order valence-corrected chi connectivity index (χ2v) is 13.1. The van der Waals surface area contributed by atoms with Gasteiger partial charge < -0.3 is 54.7 Å². The number of aromatic nitrogens is 3. The number of nitrogens with zero attached hydrogens (tertiary/aromatic N) is 4. The van der Waals surface area contributed by atoms with Gasteiger partial charge in [0.05, 0.1) is 71.3 Å². The third-order valence-corrected chi connectivity index (χ3v) is 8.63. The molecule has 58 heavy (non-hydrogen) atoms. The molecule has 4 rings (SSSR count).